The molecule has 0 radical (unpaired) electrons. The van der Waals surface area contributed by atoms with Gasteiger partial charge in [-0.15, -0.1) is 0 Å². The van der Waals surface area contributed by atoms with Crippen molar-refractivity contribution in [2.75, 3.05) is 23.2 Å². The largest absolute Gasteiger partial charge is 0.489 e. The number of ether oxygens (including phenoxy) is 1. The van der Waals surface area contributed by atoms with Gasteiger partial charge in [0.1, 0.15) is 12.4 Å². The Hall–Kier alpha value is -2.81. The third-order valence-electron chi connectivity index (χ3n) is 3.44. The summed E-state index contributed by atoms with van der Waals surface area (Å²) in [7, 11) is -3.86. The number of nitrogen functional groups attached to an aromatic ring is 1. The van der Waals surface area contributed by atoms with Crippen LogP contribution in [0.5, 0.6) is 5.75 Å². The maximum absolute atomic E-state index is 12.8. The molecule has 1 aliphatic heterocycles. The molecule has 0 unspecified atom stereocenters. The summed E-state index contributed by atoms with van der Waals surface area (Å²) in [4.78, 5) is 10.1. The van der Waals surface area contributed by atoms with Crippen LogP contribution in [0.4, 0.5) is 17.1 Å². The number of rotatable bonds is 3. The fourth-order valence-electron chi connectivity index (χ4n) is 2.33. The number of hydrogen-bond acceptors (Lipinski definition) is 6. The number of nitrogens with two attached hydrogens (primary N) is 1. The van der Waals surface area contributed by atoms with Crippen LogP contribution in [0.3, 0.4) is 0 Å². The smallest absolute Gasteiger partial charge is 0.269 e. The lowest BCUT2D eigenvalue weighted by Gasteiger charge is -2.30. The summed E-state index contributed by atoms with van der Waals surface area (Å²) in [5.74, 6) is 0.427. The van der Waals surface area contributed by atoms with E-state index < -0.39 is 14.9 Å². The molecule has 0 saturated heterocycles. The quantitative estimate of drug-likeness (QED) is 0.519. The van der Waals surface area contributed by atoms with Crippen LogP contribution in [0.25, 0.3) is 0 Å². The Labute approximate surface area is 132 Å². The predicted octanol–water partition coefficient (Wildman–Crippen LogP) is 1.76. The lowest BCUT2D eigenvalue weighted by molar-refractivity contribution is -0.384. The van der Waals surface area contributed by atoms with Gasteiger partial charge in [0.25, 0.3) is 15.7 Å². The van der Waals surface area contributed by atoms with Crippen molar-refractivity contribution in [2.24, 2.45) is 0 Å². The van der Waals surface area contributed by atoms with Gasteiger partial charge < -0.3 is 10.5 Å². The summed E-state index contributed by atoms with van der Waals surface area (Å²) in [6, 6.07) is 9.52. The Bertz CT molecular complexity index is 864. The van der Waals surface area contributed by atoms with Gasteiger partial charge in [-0.25, -0.2) is 8.42 Å². The van der Waals surface area contributed by atoms with Gasteiger partial charge in [0.15, 0.2) is 0 Å². The second-order valence-corrected chi connectivity index (χ2v) is 6.77. The molecule has 0 atom stereocenters. The molecule has 23 heavy (non-hydrogen) atoms. The van der Waals surface area contributed by atoms with E-state index in [9.17, 15) is 18.5 Å². The number of nitro benzene ring substituents is 1. The van der Waals surface area contributed by atoms with Crippen LogP contribution in [0.1, 0.15) is 0 Å². The normalized spacial score (nSPS) is 14.0. The van der Waals surface area contributed by atoms with Crippen molar-refractivity contribution >= 4 is 27.1 Å². The van der Waals surface area contributed by atoms with E-state index in [1.807, 2.05) is 0 Å². The second-order valence-electron chi connectivity index (χ2n) is 4.90. The summed E-state index contributed by atoms with van der Waals surface area (Å²) >= 11 is 0. The van der Waals surface area contributed by atoms with E-state index >= 15 is 0 Å². The molecule has 9 heteroatoms. The van der Waals surface area contributed by atoms with Crippen molar-refractivity contribution in [1.29, 1.82) is 0 Å². The SMILES string of the molecule is Nc1ccc2c(c1)N(S(=O)(=O)c1ccc([N+](=O)[O-])cc1)CCO2. The van der Waals surface area contributed by atoms with Gasteiger partial charge in [-0.3, -0.25) is 14.4 Å². The van der Waals surface area contributed by atoms with Crippen LogP contribution in [-0.2, 0) is 10.0 Å². The zero-order valence-corrected chi connectivity index (χ0v) is 12.7. The van der Waals surface area contributed by atoms with Crippen molar-refractivity contribution in [3.8, 4) is 5.75 Å². The van der Waals surface area contributed by atoms with Crippen molar-refractivity contribution < 1.29 is 18.1 Å². The highest BCUT2D eigenvalue weighted by Gasteiger charge is 2.30. The maximum Gasteiger partial charge on any atom is 0.269 e. The van der Waals surface area contributed by atoms with E-state index in [-0.39, 0.29) is 23.7 Å². The number of fused-ring (bicyclic) bond motifs is 1. The molecule has 2 aromatic carbocycles. The monoisotopic (exact) mass is 335 g/mol. The van der Waals surface area contributed by atoms with Crippen LogP contribution in [0.15, 0.2) is 47.4 Å². The van der Waals surface area contributed by atoms with E-state index in [2.05, 4.69) is 0 Å². The molecule has 2 N–H and O–H groups in total. The third-order valence-corrected chi connectivity index (χ3v) is 5.27. The minimum atomic E-state index is -3.86. The van der Waals surface area contributed by atoms with Crippen LogP contribution < -0.4 is 14.8 Å². The van der Waals surface area contributed by atoms with Crippen LogP contribution in [-0.4, -0.2) is 26.5 Å². The van der Waals surface area contributed by atoms with Crippen molar-refractivity contribution in [1.82, 2.24) is 0 Å². The second kappa shape index (κ2) is 5.43. The molecular formula is C14H13N3O5S. The summed E-state index contributed by atoms with van der Waals surface area (Å²) < 4.78 is 32.2. The van der Waals surface area contributed by atoms with Gasteiger partial charge in [-0.1, -0.05) is 0 Å². The molecule has 0 saturated carbocycles. The van der Waals surface area contributed by atoms with E-state index in [1.54, 1.807) is 12.1 Å². The van der Waals surface area contributed by atoms with Crippen LogP contribution in [0, 0.1) is 10.1 Å². The van der Waals surface area contributed by atoms with Crippen molar-refractivity contribution in [2.45, 2.75) is 4.90 Å². The van der Waals surface area contributed by atoms with Gasteiger partial charge >= 0.3 is 0 Å². The highest BCUT2D eigenvalue weighted by Crippen LogP contribution is 2.36. The number of anilines is 2. The molecule has 3 rings (SSSR count). The van der Waals surface area contributed by atoms with E-state index in [1.165, 1.54) is 22.5 Å². The third kappa shape index (κ3) is 2.66. The molecule has 1 aliphatic rings. The van der Waals surface area contributed by atoms with Crippen molar-refractivity contribution in [3.05, 3.63) is 52.6 Å². The number of non-ortho nitro benzene ring substituents is 1. The maximum atomic E-state index is 12.8. The highest BCUT2D eigenvalue weighted by atomic mass is 32.2. The van der Waals surface area contributed by atoms with E-state index in [0.717, 1.165) is 12.1 Å². The minimum absolute atomic E-state index is 0.0293. The minimum Gasteiger partial charge on any atom is -0.489 e. The highest BCUT2D eigenvalue weighted by molar-refractivity contribution is 7.92. The summed E-state index contributed by atoms with van der Waals surface area (Å²) in [5, 5.41) is 10.7. The van der Waals surface area contributed by atoms with Crippen LogP contribution >= 0.6 is 0 Å². The first-order chi connectivity index (χ1) is 10.9. The molecule has 0 aromatic heterocycles. The summed E-state index contributed by atoms with van der Waals surface area (Å²) in [6.07, 6.45) is 0. The Kier molecular flexibility index (Phi) is 3.57. The average molecular weight is 335 g/mol. The van der Waals surface area contributed by atoms with Gasteiger partial charge in [0.05, 0.1) is 22.1 Å². The van der Waals surface area contributed by atoms with E-state index in [4.69, 9.17) is 10.5 Å². The number of benzene rings is 2. The number of hydrogen-bond donors (Lipinski definition) is 1. The van der Waals surface area contributed by atoms with Gasteiger partial charge in [0.2, 0.25) is 0 Å². The lowest BCUT2D eigenvalue weighted by atomic mass is 10.2. The average Bonchev–Trinajstić information content (AvgIpc) is 2.54. The Morgan fingerprint density at radius 3 is 2.52 bits per heavy atom. The molecule has 0 fully saturated rings. The van der Waals surface area contributed by atoms with E-state index in [0.29, 0.717) is 17.1 Å². The predicted molar refractivity (Wildman–Crippen MR) is 84.0 cm³/mol. The molecule has 0 spiro atoms. The molecular weight excluding hydrogens is 322 g/mol. The first kappa shape index (κ1) is 15.1. The molecule has 8 nitrogen and oxygen atoms in total. The first-order valence-electron chi connectivity index (χ1n) is 6.69. The molecule has 0 amide bonds. The van der Waals surface area contributed by atoms with Crippen molar-refractivity contribution in [3.63, 3.8) is 0 Å². The molecule has 0 bridgehead atoms. The fourth-order valence-corrected chi connectivity index (χ4v) is 3.78. The van der Waals surface area contributed by atoms with Crippen LogP contribution in [0.2, 0.25) is 0 Å². The van der Waals surface area contributed by atoms with Gasteiger partial charge in [-0.2, -0.15) is 0 Å². The topological polar surface area (TPSA) is 116 Å². The Balaban J connectivity index is 2.04. The number of sulfonamides is 1. The first-order valence-corrected chi connectivity index (χ1v) is 8.13. The van der Waals surface area contributed by atoms with Gasteiger partial charge in [-0.05, 0) is 30.3 Å². The summed E-state index contributed by atoms with van der Waals surface area (Å²) in [6.45, 7) is 0.346. The standard InChI is InChI=1S/C14H13N3O5S/c15-10-1-6-14-13(9-10)16(7-8-22-14)23(20,21)12-4-2-11(3-5-12)17(18)19/h1-6,9H,7-8,15H2. The molecule has 0 aliphatic carbocycles. The lowest BCUT2D eigenvalue weighted by Crippen LogP contribution is -2.37. The zero-order chi connectivity index (χ0) is 16.6. The fraction of sp³-hybridized carbons (Fsp3) is 0.143. The van der Waals surface area contributed by atoms with Gasteiger partial charge in [0, 0.05) is 17.8 Å². The summed E-state index contributed by atoms with van der Waals surface area (Å²) in [5.41, 5.74) is 6.33. The molecule has 1 heterocycles. The molecule has 120 valence electrons. The Morgan fingerprint density at radius 1 is 1.17 bits per heavy atom. The molecule has 2 aromatic rings. The number of nitro groups is 1. The zero-order valence-electron chi connectivity index (χ0n) is 11.9. The Morgan fingerprint density at radius 2 is 1.87 bits per heavy atom. The number of nitrogens with zero attached hydrogens (tertiary/aromatic N) is 2.